The molecule has 0 atom stereocenters. The maximum Gasteiger partial charge on any atom is 0.241 e. The molecule has 0 bridgehead atoms. The van der Waals surface area contributed by atoms with Gasteiger partial charge in [0.15, 0.2) is 5.13 Å². The summed E-state index contributed by atoms with van der Waals surface area (Å²) in [5, 5.41) is 3.20. The number of rotatable bonds is 2. The lowest BCUT2D eigenvalue weighted by Gasteiger charge is -1.94. The van der Waals surface area contributed by atoms with Crippen LogP contribution in [0.4, 0.5) is 5.13 Å². The van der Waals surface area contributed by atoms with Gasteiger partial charge in [0.2, 0.25) is 5.91 Å². The summed E-state index contributed by atoms with van der Waals surface area (Å²) in [5.74, 6) is -0.297. The summed E-state index contributed by atoms with van der Waals surface area (Å²) in [4.78, 5) is 15.3. The number of hydrogen-bond acceptors (Lipinski definition) is 3. The van der Waals surface area contributed by atoms with Gasteiger partial charge in [-0.1, -0.05) is 27.3 Å². The predicted octanol–water partition coefficient (Wildman–Crippen LogP) is 3.24. The number of amides is 1. The normalized spacial score (nSPS) is 10.5. The van der Waals surface area contributed by atoms with E-state index in [0.29, 0.717) is 5.13 Å². The molecule has 0 aliphatic carbocycles. The number of fused-ring (bicyclic) bond motifs is 1. The van der Waals surface area contributed by atoms with Gasteiger partial charge in [-0.25, -0.2) is 4.98 Å². The number of nitrogens with one attached hydrogen (secondary N) is 1. The van der Waals surface area contributed by atoms with Crippen molar-refractivity contribution < 1.29 is 4.79 Å². The SMILES string of the molecule is O=C(CCl)Nc1nc2ccc(Br)cc2s1. The van der Waals surface area contributed by atoms with Gasteiger partial charge in [0.05, 0.1) is 10.2 Å². The molecule has 0 saturated heterocycles. The van der Waals surface area contributed by atoms with E-state index in [2.05, 4.69) is 26.2 Å². The number of aromatic nitrogens is 1. The molecular formula is C9H6BrClN2OS. The summed E-state index contributed by atoms with van der Waals surface area (Å²) in [6.07, 6.45) is 0. The standard InChI is InChI=1S/C9H6BrClN2OS/c10-5-1-2-6-7(3-5)15-9(12-6)13-8(14)4-11/h1-3H,4H2,(H,12,13,14). The molecule has 1 heterocycles. The van der Waals surface area contributed by atoms with Crippen molar-refractivity contribution in [2.24, 2.45) is 0 Å². The van der Waals surface area contributed by atoms with Gasteiger partial charge in [-0.3, -0.25) is 4.79 Å². The highest BCUT2D eigenvalue weighted by molar-refractivity contribution is 9.10. The minimum absolute atomic E-state index is 0.0559. The quantitative estimate of drug-likeness (QED) is 0.866. The first-order valence-electron chi connectivity index (χ1n) is 4.11. The molecule has 15 heavy (non-hydrogen) atoms. The van der Waals surface area contributed by atoms with Crippen LogP contribution in [0.15, 0.2) is 22.7 Å². The van der Waals surface area contributed by atoms with Crippen LogP contribution in [0.25, 0.3) is 10.2 Å². The first-order valence-corrected chi connectivity index (χ1v) is 6.25. The van der Waals surface area contributed by atoms with E-state index < -0.39 is 0 Å². The van der Waals surface area contributed by atoms with Gasteiger partial charge < -0.3 is 5.32 Å². The Morgan fingerprint density at radius 2 is 2.40 bits per heavy atom. The highest BCUT2D eigenvalue weighted by Crippen LogP contribution is 2.28. The molecule has 0 unspecified atom stereocenters. The van der Waals surface area contributed by atoms with Crippen molar-refractivity contribution in [2.45, 2.75) is 0 Å². The Kier molecular flexibility index (Phi) is 3.23. The van der Waals surface area contributed by atoms with Gasteiger partial charge in [-0.15, -0.1) is 11.6 Å². The lowest BCUT2D eigenvalue weighted by molar-refractivity contribution is -0.113. The lowest BCUT2D eigenvalue weighted by atomic mass is 10.3. The average Bonchev–Trinajstić information content (AvgIpc) is 2.59. The highest BCUT2D eigenvalue weighted by Gasteiger charge is 2.06. The topological polar surface area (TPSA) is 42.0 Å². The van der Waals surface area contributed by atoms with Crippen LogP contribution in [0.2, 0.25) is 0 Å². The number of thiazole rings is 1. The van der Waals surface area contributed by atoms with E-state index in [-0.39, 0.29) is 11.8 Å². The molecule has 2 rings (SSSR count). The van der Waals surface area contributed by atoms with Gasteiger partial charge in [0.1, 0.15) is 5.88 Å². The van der Waals surface area contributed by atoms with Crippen LogP contribution in [-0.2, 0) is 4.79 Å². The van der Waals surface area contributed by atoms with Gasteiger partial charge in [0.25, 0.3) is 0 Å². The van der Waals surface area contributed by atoms with Crippen LogP contribution in [0, 0.1) is 0 Å². The first-order chi connectivity index (χ1) is 7.19. The maximum absolute atomic E-state index is 11.0. The van der Waals surface area contributed by atoms with E-state index in [1.807, 2.05) is 18.2 Å². The second-order valence-corrected chi connectivity index (χ2v) is 5.03. The minimum Gasteiger partial charge on any atom is -0.301 e. The molecule has 1 aromatic heterocycles. The summed E-state index contributed by atoms with van der Waals surface area (Å²) in [6, 6.07) is 5.77. The number of anilines is 1. The Bertz CT molecular complexity index is 514. The van der Waals surface area contributed by atoms with Crippen molar-refractivity contribution in [3.8, 4) is 0 Å². The van der Waals surface area contributed by atoms with E-state index in [9.17, 15) is 4.79 Å². The van der Waals surface area contributed by atoms with Crippen molar-refractivity contribution in [1.29, 1.82) is 0 Å². The van der Waals surface area contributed by atoms with E-state index in [1.54, 1.807) is 0 Å². The Morgan fingerprint density at radius 3 is 3.13 bits per heavy atom. The Hall–Kier alpha value is -0.650. The Balaban J connectivity index is 2.34. The largest absolute Gasteiger partial charge is 0.301 e. The smallest absolute Gasteiger partial charge is 0.241 e. The van der Waals surface area contributed by atoms with Crippen LogP contribution >= 0.6 is 38.9 Å². The minimum atomic E-state index is -0.241. The van der Waals surface area contributed by atoms with E-state index in [1.165, 1.54) is 11.3 Å². The van der Waals surface area contributed by atoms with Crippen LogP contribution < -0.4 is 5.32 Å². The van der Waals surface area contributed by atoms with Crippen LogP contribution in [0.3, 0.4) is 0 Å². The van der Waals surface area contributed by atoms with Gasteiger partial charge in [0, 0.05) is 4.47 Å². The number of carbonyl (C=O) groups excluding carboxylic acids is 1. The summed E-state index contributed by atoms with van der Waals surface area (Å²) < 4.78 is 2.02. The zero-order chi connectivity index (χ0) is 10.8. The van der Waals surface area contributed by atoms with E-state index in [4.69, 9.17) is 11.6 Å². The summed E-state index contributed by atoms with van der Waals surface area (Å²) in [5.41, 5.74) is 0.869. The maximum atomic E-state index is 11.0. The van der Waals surface area contributed by atoms with Crippen molar-refractivity contribution in [1.82, 2.24) is 4.98 Å². The number of hydrogen-bond donors (Lipinski definition) is 1. The van der Waals surface area contributed by atoms with Gasteiger partial charge in [-0.05, 0) is 18.2 Å². The van der Waals surface area contributed by atoms with Crippen molar-refractivity contribution in [3.63, 3.8) is 0 Å². The first kappa shape index (κ1) is 10.9. The molecule has 1 N–H and O–H groups in total. The summed E-state index contributed by atoms with van der Waals surface area (Å²) in [7, 11) is 0. The molecule has 6 heteroatoms. The number of benzene rings is 1. The molecule has 3 nitrogen and oxygen atoms in total. The van der Waals surface area contributed by atoms with Crippen LogP contribution in [0.5, 0.6) is 0 Å². The van der Waals surface area contributed by atoms with Crippen molar-refractivity contribution in [3.05, 3.63) is 22.7 Å². The Labute approximate surface area is 104 Å². The molecule has 2 aromatic rings. The number of halogens is 2. The molecule has 0 radical (unpaired) electrons. The molecule has 1 amide bonds. The second-order valence-electron chi connectivity index (χ2n) is 2.81. The molecule has 0 aliphatic heterocycles. The fourth-order valence-corrected chi connectivity index (χ4v) is 2.61. The second kappa shape index (κ2) is 4.47. The number of nitrogens with zero attached hydrogens (tertiary/aromatic N) is 1. The zero-order valence-electron chi connectivity index (χ0n) is 7.46. The molecular weight excluding hydrogens is 300 g/mol. The third-order valence-corrected chi connectivity index (χ3v) is 3.39. The fraction of sp³-hybridized carbons (Fsp3) is 0.111. The molecule has 1 aromatic carbocycles. The molecule has 78 valence electrons. The summed E-state index contributed by atoms with van der Waals surface area (Å²) >= 11 is 10.2. The molecule has 0 fully saturated rings. The molecule has 0 spiro atoms. The van der Waals surface area contributed by atoms with Gasteiger partial charge >= 0.3 is 0 Å². The fourth-order valence-electron chi connectivity index (χ4n) is 1.10. The van der Waals surface area contributed by atoms with Crippen molar-refractivity contribution >= 4 is 60.1 Å². The predicted molar refractivity (Wildman–Crippen MR) is 66.7 cm³/mol. The number of carbonyl (C=O) groups is 1. The lowest BCUT2D eigenvalue weighted by Crippen LogP contribution is -2.11. The third-order valence-electron chi connectivity index (χ3n) is 1.72. The van der Waals surface area contributed by atoms with Crippen molar-refractivity contribution in [2.75, 3.05) is 11.2 Å². The monoisotopic (exact) mass is 304 g/mol. The average molecular weight is 306 g/mol. The summed E-state index contributed by atoms with van der Waals surface area (Å²) in [6.45, 7) is 0. The van der Waals surface area contributed by atoms with Crippen LogP contribution in [0.1, 0.15) is 0 Å². The van der Waals surface area contributed by atoms with Gasteiger partial charge in [-0.2, -0.15) is 0 Å². The molecule has 0 saturated carbocycles. The number of alkyl halides is 1. The zero-order valence-corrected chi connectivity index (χ0v) is 10.6. The van der Waals surface area contributed by atoms with E-state index >= 15 is 0 Å². The third kappa shape index (κ3) is 2.48. The highest BCUT2D eigenvalue weighted by atomic mass is 79.9. The van der Waals surface area contributed by atoms with Crippen LogP contribution in [-0.4, -0.2) is 16.8 Å². The molecule has 0 aliphatic rings. The van der Waals surface area contributed by atoms with E-state index in [0.717, 1.165) is 14.7 Å². The Morgan fingerprint density at radius 1 is 1.60 bits per heavy atom.